The van der Waals surface area contributed by atoms with Gasteiger partial charge in [0.15, 0.2) is 0 Å². The monoisotopic (exact) mass is 553 g/mol. The van der Waals surface area contributed by atoms with Crippen molar-refractivity contribution in [3.05, 3.63) is 65.5 Å². The van der Waals surface area contributed by atoms with Gasteiger partial charge in [0.1, 0.15) is 17.5 Å². The molecule has 0 radical (unpaired) electrons. The molecule has 4 rings (SSSR count). The number of carbonyl (C=O) groups excluding carboxylic acids is 2. The molecule has 0 spiro atoms. The van der Waals surface area contributed by atoms with Crippen molar-refractivity contribution >= 4 is 17.7 Å². The number of rotatable bonds is 11. The normalized spacial score (nSPS) is 18.8. The lowest BCUT2D eigenvalue weighted by Gasteiger charge is -2.30. The average molecular weight is 554 g/mol. The summed E-state index contributed by atoms with van der Waals surface area (Å²) in [6, 6.07) is 13.6. The Hall–Kier alpha value is -3.13. The Morgan fingerprint density at radius 1 is 1.02 bits per heavy atom. The number of ether oxygens (including phenoxy) is 2. The quantitative estimate of drug-likeness (QED) is 0.304. The summed E-state index contributed by atoms with van der Waals surface area (Å²) in [6.07, 6.45) is 6.17. The molecule has 2 aromatic carbocycles. The first kappa shape index (κ1) is 29.8. The second kappa shape index (κ2) is 14.0. The summed E-state index contributed by atoms with van der Waals surface area (Å²) in [5, 5.41) is 9.38. The number of amides is 2. The van der Waals surface area contributed by atoms with E-state index in [1.165, 1.54) is 12.5 Å². The van der Waals surface area contributed by atoms with Gasteiger partial charge < -0.3 is 25.4 Å². The van der Waals surface area contributed by atoms with E-state index >= 15 is 0 Å². The van der Waals surface area contributed by atoms with Crippen molar-refractivity contribution in [3.63, 3.8) is 0 Å². The maximum Gasteiger partial charge on any atom is 0.408 e. The third-order valence-corrected chi connectivity index (χ3v) is 7.64. The molecule has 7 nitrogen and oxygen atoms in total. The Balaban J connectivity index is 1.46. The number of fused-ring (bicyclic) bond motifs is 1. The van der Waals surface area contributed by atoms with Crippen LogP contribution >= 0.6 is 0 Å². The molecule has 1 unspecified atom stereocenters. The Kier molecular flexibility index (Phi) is 10.4. The van der Waals surface area contributed by atoms with Crippen LogP contribution in [0.15, 0.2) is 48.5 Å². The fourth-order valence-corrected chi connectivity index (χ4v) is 5.73. The molecule has 3 N–H and O–H groups in total. The third-order valence-electron chi connectivity index (χ3n) is 7.64. The van der Waals surface area contributed by atoms with Gasteiger partial charge in [-0.15, -0.1) is 0 Å². The minimum Gasteiger partial charge on any atom is -0.444 e. The zero-order valence-corrected chi connectivity index (χ0v) is 24.0. The first-order chi connectivity index (χ1) is 19.2. The number of anilines is 1. The highest BCUT2D eigenvalue weighted by atomic mass is 19.1. The van der Waals surface area contributed by atoms with Crippen LogP contribution in [-0.4, -0.2) is 42.8 Å². The predicted molar refractivity (Wildman–Crippen MR) is 155 cm³/mol. The van der Waals surface area contributed by atoms with Crippen molar-refractivity contribution in [1.29, 1.82) is 0 Å². The maximum absolute atomic E-state index is 14.1. The SMILES string of the molecule is CC(C)(C)OC(=O)N[C@@H](CC1CCCCC1)C(=O)N[C@@H](COCc1ccccc1)CC1CNc2ccc(F)cc21. The molecular weight excluding hydrogens is 509 g/mol. The third kappa shape index (κ3) is 9.22. The van der Waals surface area contributed by atoms with Crippen molar-refractivity contribution in [3.8, 4) is 0 Å². The fraction of sp³-hybridized carbons (Fsp3) is 0.562. The number of benzene rings is 2. The molecule has 2 amide bonds. The van der Waals surface area contributed by atoms with Gasteiger partial charge in [-0.2, -0.15) is 0 Å². The number of alkyl carbamates (subject to hydrolysis) is 1. The summed E-state index contributed by atoms with van der Waals surface area (Å²) in [6.45, 7) is 6.79. The topological polar surface area (TPSA) is 88.7 Å². The average Bonchev–Trinajstić information content (AvgIpc) is 3.30. The number of hydrogen-bond donors (Lipinski definition) is 3. The van der Waals surface area contributed by atoms with Crippen LogP contribution in [0.3, 0.4) is 0 Å². The van der Waals surface area contributed by atoms with Crippen LogP contribution in [0.2, 0.25) is 0 Å². The second-order valence-corrected chi connectivity index (χ2v) is 12.2. The highest BCUT2D eigenvalue weighted by Gasteiger charge is 2.31. The summed E-state index contributed by atoms with van der Waals surface area (Å²) in [7, 11) is 0. The fourth-order valence-electron chi connectivity index (χ4n) is 5.73. The molecule has 1 saturated carbocycles. The smallest absolute Gasteiger partial charge is 0.408 e. The molecule has 1 aliphatic carbocycles. The highest BCUT2D eigenvalue weighted by Crippen LogP contribution is 2.35. The lowest BCUT2D eigenvalue weighted by atomic mass is 9.84. The molecule has 1 aliphatic heterocycles. The zero-order valence-electron chi connectivity index (χ0n) is 24.0. The Morgan fingerprint density at radius 3 is 2.50 bits per heavy atom. The molecule has 1 heterocycles. The summed E-state index contributed by atoms with van der Waals surface area (Å²) in [5.41, 5.74) is 2.21. The minimum atomic E-state index is -0.707. The van der Waals surface area contributed by atoms with E-state index in [1.807, 2.05) is 30.3 Å². The van der Waals surface area contributed by atoms with E-state index in [0.29, 0.717) is 38.5 Å². The molecular formula is C32H44FN3O4. The van der Waals surface area contributed by atoms with Gasteiger partial charge in [-0.3, -0.25) is 4.79 Å². The Labute approximate surface area is 237 Å². The van der Waals surface area contributed by atoms with E-state index in [1.54, 1.807) is 32.9 Å². The van der Waals surface area contributed by atoms with Gasteiger partial charge in [-0.05, 0) is 68.9 Å². The van der Waals surface area contributed by atoms with Crippen LogP contribution < -0.4 is 16.0 Å². The van der Waals surface area contributed by atoms with E-state index in [9.17, 15) is 14.0 Å². The molecule has 1 fully saturated rings. The largest absolute Gasteiger partial charge is 0.444 e. The number of hydrogen-bond acceptors (Lipinski definition) is 5. The summed E-state index contributed by atoms with van der Waals surface area (Å²) < 4.78 is 25.6. The van der Waals surface area contributed by atoms with E-state index in [4.69, 9.17) is 9.47 Å². The second-order valence-electron chi connectivity index (χ2n) is 12.2. The standard InChI is InChI=1S/C32H44FN3O4/c1-32(2,3)40-31(38)36-29(16-22-10-6-4-7-11-22)30(37)35-26(21-39-20-23-12-8-5-9-13-23)17-24-19-34-28-15-14-25(33)18-27(24)28/h5,8-9,12-15,18,22,24,26,29,34H,4,6-7,10-11,16-17,19-21H2,1-3H3,(H,35,37)(H,36,38)/t24?,26-,29+/m1/s1. The van der Waals surface area contributed by atoms with Crippen LogP contribution in [0.1, 0.15) is 82.8 Å². The van der Waals surface area contributed by atoms with Crippen molar-refractivity contribution in [2.75, 3.05) is 18.5 Å². The maximum atomic E-state index is 14.1. The molecule has 2 aromatic rings. The van der Waals surface area contributed by atoms with Gasteiger partial charge in [-0.1, -0.05) is 62.4 Å². The van der Waals surface area contributed by atoms with Crippen LogP contribution in [0.25, 0.3) is 0 Å². The van der Waals surface area contributed by atoms with Gasteiger partial charge >= 0.3 is 6.09 Å². The minimum absolute atomic E-state index is 0.0203. The Bertz CT molecular complexity index is 1110. The number of carbonyl (C=O) groups is 2. The van der Waals surface area contributed by atoms with Crippen molar-refractivity contribution in [2.24, 2.45) is 5.92 Å². The molecule has 218 valence electrons. The molecule has 8 heteroatoms. The van der Waals surface area contributed by atoms with Gasteiger partial charge in [0.2, 0.25) is 5.91 Å². The number of nitrogens with one attached hydrogen (secondary N) is 3. The lowest BCUT2D eigenvalue weighted by molar-refractivity contribution is -0.125. The highest BCUT2D eigenvalue weighted by molar-refractivity contribution is 5.86. The van der Waals surface area contributed by atoms with Gasteiger partial charge in [0.05, 0.1) is 19.3 Å². The van der Waals surface area contributed by atoms with Crippen molar-refractivity contribution in [2.45, 2.75) is 95.9 Å². The van der Waals surface area contributed by atoms with E-state index in [2.05, 4.69) is 16.0 Å². The van der Waals surface area contributed by atoms with Gasteiger partial charge in [0, 0.05) is 18.2 Å². The molecule has 3 atom stereocenters. The predicted octanol–water partition coefficient (Wildman–Crippen LogP) is 6.29. The van der Waals surface area contributed by atoms with Crippen molar-refractivity contribution < 1.29 is 23.5 Å². The zero-order chi connectivity index (χ0) is 28.5. The first-order valence-corrected chi connectivity index (χ1v) is 14.6. The van der Waals surface area contributed by atoms with Crippen LogP contribution in [-0.2, 0) is 20.9 Å². The van der Waals surface area contributed by atoms with E-state index in [-0.39, 0.29) is 23.7 Å². The first-order valence-electron chi connectivity index (χ1n) is 14.6. The van der Waals surface area contributed by atoms with Crippen LogP contribution in [0.4, 0.5) is 14.9 Å². The molecule has 2 aliphatic rings. The van der Waals surface area contributed by atoms with Gasteiger partial charge in [0.25, 0.3) is 0 Å². The lowest BCUT2D eigenvalue weighted by Crippen LogP contribution is -2.52. The van der Waals surface area contributed by atoms with Crippen LogP contribution in [0.5, 0.6) is 0 Å². The summed E-state index contributed by atoms with van der Waals surface area (Å²) in [5.74, 6) is -0.120. The van der Waals surface area contributed by atoms with E-state index in [0.717, 1.165) is 42.5 Å². The summed E-state index contributed by atoms with van der Waals surface area (Å²) in [4.78, 5) is 26.4. The summed E-state index contributed by atoms with van der Waals surface area (Å²) >= 11 is 0. The molecule has 0 bridgehead atoms. The molecule has 0 aromatic heterocycles. The molecule has 40 heavy (non-hydrogen) atoms. The Morgan fingerprint density at radius 2 is 1.77 bits per heavy atom. The van der Waals surface area contributed by atoms with Gasteiger partial charge in [-0.25, -0.2) is 9.18 Å². The van der Waals surface area contributed by atoms with E-state index < -0.39 is 17.7 Å². The number of halogens is 1. The van der Waals surface area contributed by atoms with Crippen LogP contribution in [0, 0.1) is 11.7 Å². The van der Waals surface area contributed by atoms with Crippen molar-refractivity contribution in [1.82, 2.24) is 10.6 Å². The molecule has 0 saturated heterocycles.